The number of methoxy groups -OCH3 is 1. The van der Waals surface area contributed by atoms with Crippen molar-refractivity contribution in [2.75, 3.05) is 25.2 Å². The van der Waals surface area contributed by atoms with Gasteiger partial charge in [0.05, 0.1) is 24.7 Å². The van der Waals surface area contributed by atoms with Gasteiger partial charge in [-0.3, -0.25) is 9.69 Å². The summed E-state index contributed by atoms with van der Waals surface area (Å²) in [5.74, 6) is 0.500. The highest BCUT2D eigenvalue weighted by molar-refractivity contribution is 8.00. The molecule has 3 atom stereocenters. The van der Waals surface area contributed by atoms with E-state index in [1.54, 1.807) is 31.0 Å². The van der Waals surface area contributed by atoms with Gasteiger partial charge in [-0.25, -0.2) is 12.8 Å². The minimum Gasteiger partial charge on any atom is -0.497 e. The van der Waals surface area contributed by atoms with E-state index in [0.717, 1.165) is 16.2 Å². The maximum Gasteiger partial charge on any atom is 0.237 e. The Hall–Kier alpha value is -2.10. The van der Waals surface area contributed by atoms with Crippen molar-refractivity contribution in [3.05, 3.63) is 59.9 Å². The molecule has 32 heavy (non-hydrogen) atoms. The van der Waals surface area contributed by atoms with Crippen molar-refractivity contribution in [1.82, 2.24) is 10.2 Å². The van der Waals surface area contributed by atoms with Gasteiger partial charge >= 0.3 is 0 Å². The number of nitrogens with zero attached hydrogens (tertiary/aromatic N) is 1. The second kappa shape index (κ2) is 9.80. The second-order valence-corrected chi connectivity index (χ2v) is 11.9. The number of ether oxygens (including phenoxy) is 1. The number of sulfone groups is 1. The maximum absolute atomic E-state index is 13.3. The first-order chi connectivity index (χ1) is 15.3. The molecule has 172 valence electrons. The van der Waals surface area contributed by atoms with Crippen molar-refractivity contribution in [1.29, 1.82) is 0 Å². The van der Waals surface area contributed by atoms with E-state index < -0.39 is 9.84 Å². The molecule has 4 rings (SSSR count). The number of nitrogens with one attached hydrogen (secondary N) is 1. The number of rotatable bonds is 7. The lowest BCUT2D eigenvalue weighted by Gasteiger charge is -2.25. The first-order valence-electron chi connectivity index (χ1n) is 10.6. The number of thioether (sulfide) groups is 1. The Kier molecular flexibility index (Phi) is 7.07. The highest BCUT2D eigenvalue weighted by Crippen LogP contribution is 2.34. The molecular weight excluding hydrogens is 451 g/mol. The number of benzene rings is 2. The van der Waals surface area contributed by atoms with Crippen LogP contribution in [0.1, 0.15) is 18.4 Å². The number of hydrogen-bond donors (Lipinski definition) is 1. The lowest BCUT2D eigenvalue weighted by Crippen LogP contribution is -2.47. The SMILES string of the molecule is COc1ccc(S[C@@H]2C[C@@H](C(=O)N[C@H]3CCS(=O)(=O)C3)N(Cc3ccc(F)cc3)C2)cc1. The highest BCUT2D eigenvalue weighted by atomic mass is 32.2. The van der Waals surface area contributed by atoms with Crippen LogP contribution in [0.15, 0.2) is 53.4 Å². The van der Waals surface area contributed by atoms with Crippen LogP contribution in [0, 0.1) is 5.82 Å². The van der Waals surface area contributed by atoms with Gasteiger partial charge in [0, 0.05) is 29.3 Å². The first-order valence-corrected chi connectivity index (χ1v) is 13.3. The van der Waals surface area contributed by atoms with E-state index in [4.69, 9.17) is 4.74 Å². The number of carbonyl (C=O) groups excluding carboxylic acids is 1. The van der Waals surface area contributed by atoms with Crippen molar-refractivity contribution in [2.24, 2.45) is 0 Å². The fourth-order valence-corrected chi connectivity index (χ4v) is 7.17. The minimum atomic E-state index is -3.07. The molecule has 2 aliphatic rings. The molecule has 2 fully saturated rings. The molecule has 2 aromatic rings. The van der Waals surface area contributed by atoms with Gasteiger partial charge in [-0.1, -0.05) is 12.1 Å². The Morgan fingerprint density at radius 2 is 1.91 bits per heavy atom. The summed E-state index contributed by atoms with van der Waals surface area (Å²) >= 11 is 1.72. The average molecular weight is 479 g/mol. The monoisotopic (exact) mass is 478 g/mol. The van der Waals surface area contributed by atoms with Crippen molar-refractivity contribution < 1.29 is 22.3 Å². The van der Waals surface area contributed by atoms with E-state index in [2.05, 4.69) is 10.2 Å². The molecule has 1 amide bonds. The summed E-state index contributed by atoms with van der Waals surface area (Å²) in [6.07, 6.45) is 1.12. The number of hydrogen-bond acceptors (Lipinski definition) is 6. The molecule has 0 aliphatic carbocycles. The summed E-state index contributed by atoms with van der Waals surface area (Å²) < 4.78 is 42.1. The van der Waals surface area contributed by atoms with Crippen molar-refractivity contribution in [3.63, 3.8) is 0 Å². The number of carbonyl (C=O) groups is 1. The van der Waals surface area contributed by atoms with Gasteiger partial charge in [-0.05, 0) is 54.8 Å². The normalized spacial score (nSPS) is 25.0. The Labute approximate surface area is 192 Å². The zero-order valence-corrected chi connectivity index (χ0v) is 19.5. The molecule has 0 saturated carbocycles. The second-order valence-electron chi connectivity index (χ2n) is 8.33. The topological polar surface area (TPSA) is 75.7 Å². The van der Waals surface area contributed by atoms with Gasteiger partial charge < -0.3 is 10.1 Å². The Bertz CT molecular complexity index is 1040. The van der Waals surface area contributed by atoms with Crippen LogP contribution < -0.4 is 10.1 Å². The van der Waals surface area contributed by atoms with Crippen LogP contribution in [-0.4, -0.2) is 61.7 Å². The highest BCUT2D eigenvalue weighted by Gasteiger charge is 2.39. The smallest absolute Gasteiger partial charge is 0.237 e. The Balaban J connectivity index is 1.46. The molecule has 0 spiro atoms. The average Bonchev–Trinajstić information content (AvgIpc) is 3.32. The van der Waals surface area contributed by atoms with Gasteiger partial charge in [0.2, 0.25) is 5.91 Å². The zero-order valence-electron chi connectivity index (χ0n) is 17.9. The quantitative estimate of drug-likeness (QED) is 0.660. The number of amides is 1. The third-order valence-corrected chi connectivity index (χ3v) is 8.89. The molecule has 0 aromatic heterocycles. The van der Waals surface area contributed by atoms with Crippen LogP contribution in [-0.2, 0) is 21.2 Å². The molecular formula is C23H27FN2O4S2. The summed E-state index contributed by atoms with van der Waals surface area (Å²) in [7, 11) is -1.44. The van der Waals surface area contributed by atoms with Crippen LogP contribution in [0.2, 0.25) is 0 Å². The molecule has 0 bridgehead atoms. The van der Waals surface area contributed by atoms with Gasteiger partial charge in [-0.2, -0.15) is 0 Å². The van der Waals surface area contributed by atoms with Crippen LogP contribution >= 0.6 is 11.8 Å². The van der Waals surface area contributed by atoms with E-state index in [-0.39, 0.29) is 40.6 Å². The van der Waals surface area contributed by atoms with Gasteiger partial charge in [0.15, 0.2) is 9.84 Å². The molecule has 2 saturated heterocycles. The van der Waals surface area contributed by atoms with Crippen LogP contribution in [0.4, 0.5) is 4.39 Å². The third-order valence-electron chi connectivity index (χ3n) is 5.91. The molecule has 1 N–H and O–H groups in total. The summed E-state index contributed by atoms with van der Waals surface area (Å²) in [6, 6.07) is 13.5. The Morgan fingerprint density at radius 3 is 2.53 bits per heavy atom. The van der Waals surface area contributed by atoms with Crippen molar-refractivity contribution in [2.45, 2.75) is 41.6 Å². The Morgan fingerprint density at radius 1 is 1.19 bits per heavy atom. The first kappa shape index (κ1) is 23.1. The zero-order chi connectivity index (χ0) is 22.7. The minimum absolute atomic E-state index is 0.00739. The van der Waals surface area contributed by atoms with E-state index >= 15 is 0 Å². The molecule has 9 heteroatoms. The lowest BCUT2D eigenvalue weighted by atomic mass is 10.1. The lowest BCUT2D eigenvalue weighted by molar-refractivity contribution is -0.126. The van der Waals surface area contributed by atoms with Crippen LogP contribution in [0.3, 0.4) is 0 Å². The maximum atomic E-state index is 13.3. The number of likely N-dealkylation sites (tertiary alicyclic amines) is 1. The van der Waals surface area contributed by atoms with Crippen LogP contribution in [0.5, 0.6) is 5.75 Å². The summed E-state index contributed by atoms with van der Waals surface area (Å²) in [4.78, 5) is 16.3. The van der Waals surface area contributed by atoms with E-state index in [0.29, 0.717) is 25.9 Å². The molecule has 2 aliphatic heterocycles. The molecule has 6 nitrogen and oxygen atoms in total. The fraction of sp³-hybridized carbons (Fsp3) is 0.435. The summed E-state index contributed by atoms with van der Waals surface area (Å²) in [6.45, 7) is 1.23. The van der Waals surface area contributed by atoms with E-state index in [9.17, 15) is 17.6 Å². The van der Waals surface area contributed by atoms with Crippen LogP contribution in [0.25, 0.3) is 0 Å². The summed E-state index contributed by atoms with van der Waals surface area (Å²) in [5.41, 5.74) is 0.933. The summed E-state index contributed by atoms with van der Waals surface area (Å²) in [5, 5.41) is 3.16. The van der Waals surface area contributed by atoms with E-state index in [1.165, 1.54) is 12.1 Å². The fourth-order valence-electron chi connectivity index (χ4n) is 4.27. The predicted molar refractivity (Wildman–Crippen MR) is 123 cm³/mol. The number of halogens is 1. The van der Waals surface area contributed by atoms with Gasteiger partial charge in [-0.15, -0.1) is 11.8 Å². The molecule has 0 unspecified atom stereocenters. The predicted octanol–water partition coefficient (Wildman–Crippen LogP) is 2.87. The van der Waals surface area contributed by atoms with Gasteiger partial charge in [0.1, 0.15) is 11.6 Å². The van der Waals surface area contributed by atoms with Crippen molar-refractivity contribution in [3.8, 4) is 5.75 Å². The molecule has 0 radical (unpaired) electrons. The standard InChI is InChI=1S/C23H27FN2O4S2/c1-30-19-6-8-20(9-7-19)31-21-12-22(23(27)25-18-10-11-32(28,29)15-18)26(14-21)13-16-2-4-17(24)5-3-16/h2-9,18,21-22H,10-15H2,1H3,(H,25,27)/t18-,21+,22-/m0/s1. The molecule has 2 heterocycles. The molecule has 2 aromatic carbocycles. The third kappa shape index (κ3) is 5.82. The largest absolute Gasteiger partial charge is 0.497 e. The van der Waals surface area contributed by atoms with Crippen molar-refractivity contribution >= 4 is 27.5 Å². The van der Waals surface area contributed by atoms with Gasteiger partial charge in [0.25, 0.3) is 0 Å². The van der Waals surface area contributed by atoms with E-state index in [1.807, 2.05) is 24.3 Å².